The van der Waals surface area contributed by atoms with Gasteiger partial charge in [0.05, 0.1) is 0 Å². The Morgan fingerprint density at radius 1 is 1.50 bits per heavy atom. The molecule has 0 aliphatic rings. The van der Waals surface area contributed by atoms with Crippen molar-refractivity contribution in [3.05, 3.63) is 29.3 Å². The SMILES string of the molecule is CCC(C)C(=O)c1cccc(N)c1C. The summed E-state index contributed by atoms with van der Waals surface area (Å²) in [7, 11) is 0. The number of Topliss-reactive ketones (excluding diaryl/α,β-unsaturated/α-hetero) is 1. The van der Waals surface area contributed by atoms with Crippen molar-refractivity contribution in [3.63, 3.8) is 0 Å². The molecule has 0 fully saturated rings. The van der Waals surface area contributed by atoms with Gasteiger partial charge in [0.2, 0.25) is 0 Å². The largest absolute Gasteiger partial charge is 0.398 e. The fourth-order valence-electron chi connectivity index (χ4n) is 1.37. The summed E-state index contributed by atoms with van der Waals surface area (Å²) in [6, 6.07) is 5.50. The first kappa shape index (κ1) is 10.8. The van der Waals surface area contributed by atoms with Crippen molar-refractivity contribution in [2.45, 2.75) is 27.2 Å². The highest BCUT2D eigenvalue weighted by atomic mass is 16.1. The molecule has 1 unspecified atom stereocenters. The summed E-state index contributed by atoms with van der Waals surface area (Å²) in [5.74, 6) is 0.271. The van der Waals surface area contributed by atoms with Gasteiger partial charge in [-0.05, 0) is 25.0 Å². The van der Waals surface area contributed by atoms with Crippen molar-refractivity contribution in [1.82, 2.24) is 0 Å². The molecule has 0 spiro atoms. The minimum Gasteiger partial charge on any atom is -0.398 e. The Kier molecular flexibility index (Phi) is 3.28. The summed E-state index contributed by atoms with van der Waals surface area (Å²) in [6.07, 6.45) is 0.868. The van der Waals surface area contributed by atoms with Crippen molar-refractivity contribution in [2.24, 2.45) is 5.92 Å². The second-order valence-corrected chi connectivity index (χ2v) is 3.69. The second kappa shape index (κ2) is 4.27. The van der Waals surface area contributed by atoms with Gasteiger partial charge in [0.25, 0.3) is 0 Å². The minimum absolute atomic E-state index is 0.0792. The van der Waals surface area contributed by atoms with Gasteiger partial charge in [-0.3, -0.25) is 4.79 Å². The lowest BCUT2D eigenvalue weighted by Gasteiger charge is -2.11. The number of rotatable bonds is 3. The van der Waals surface area contributed by atoms with E-state index in [0.29, 0.717) is 5.69 Å². The molecule has 1 rings (SSSR count). The molecule has 1 aromatic rings. The number of ketones is 1. The van der Waals surface area contributed by atoms with E-state index in [-0.39, 0.29) is 11.7 Å². The number of hydrogen-bond acceptors (Lipinski definition) is 2. The van der Waals surface area contributed by atoms with Crippen LogP contribution in [0.25, 0.3) is 0 Å². The van der Waals surface area contributed by atoms with Crippen LogP contribution in [0.4, 0.5) is 5.69 Å². The Morgan fingerprint density at radius 3 is 2.71 bits per heavy atom. The predicted octanol–water partition coefficient (Wildman–Crippen LogP) is 2.81. The van der Waals surface area contributed by atoms with Crippen LogP contribution in [0, 0.1) is 12.8 Å². The molecule has 2 nitrogen and oxygen atoms in total. The molecule has 0 aliphatic heterocycles. The zero-order valence-electron chi connectivity index (χ0n) is 9.00. The van der Waals surface area contributed by atoms with E-state index in [2.05, 4.69) is 0 Å². The Labute approximate surface area is 85.1 Å². The molecular weight excluding hydrogens is 174 g/mol. The highest BCUT2D eigenvalue weighted by Crippen LogP contribution is 2.19. The Bertz CT molecular complexity index is 344. The number of benzene rings is 1. The van der Waals surface area contributed by atoms with Crippen LogP contribution < -0.4 is 5.73 Å². The molecule has 2 heteroatoms. The van der Waals surface area contributed by atoms with Crippen LogP contribution in [0.15, 0.2) is 18.2 Å². The second-order valence-electron chi connectivity index (χ2n) is 3.69. The summed E-state index contributed by atoms with van der Waals surface area (Å²) in [5.41, 5.74) is 8.11. The van der Waals surface area contributed by atoms with E-state index in [0.717, 1.165) is 17.5 Å². The summed E-state index contributed by atoms with van der Waals surface area (Å²) in [4.78, 5) is 11.9. The van der Waals surface area contributed by atoms with E-state index in [1.807, 2.05) is 39.0 Å². The minimum atomic E-state index is 0.0792. The molecule has 76 valence electrons. The van der Waals surface area contributed by atoms with Crippen LogP contribution in [-0.2, 0) is 0 Å². The smallest absolute Gasteiger partial charge is 0.165 e. The zero-order chi connectivity index (χ0) is 10.7. The summed E-state index contributed by atoms with van der Waals surface area (Å²) in [5, 5.41) is 0. The van der Waals surface area contributed by atoms with Gasteiger partial charge >= 0.3 is 0 Å². The normalized spacial score (nSPS) is 12.5. The van der Waals surface area contributed by atoms with Gasteiger partial charge in [-0.2, -0.15) is 0 Å². The van der Waals surface area contributed by atoms with Crippen LogP contribution >= 0.6 is 0 Å². The molecule has 0 bridgehead atoms. The predicted molar refractivity (Wildman–Crippen MR) is 59.4 cm³/mol. The molecule has 0 amide bonds. The van der Waals surface area contributed by atoms with E-state index in [4.69, 9.17) is 5.73 Å². The van der Waals surface area contributed by atoms with Gasteiger partial charge < -0.3 is 5.73 Å². The summed E-state index contributed by atoms with van der Waals surface area (Å²) >= 11 is 0. The molecule has 0 saturated heterocycles. The van der Waals surface area contributed by atoms with Crippen LogP contribution in [0.2, 0.25) is 0 Å². The fourth-order valence-corrected chi connectivity index (χ4v) is 1.37. The maximum Gasteiger partial charge on any atom is 0.165 e. The third kappa shape index (κ3) is 1.95. The quantitative estimate of drug-likeness (QED) is 0.589. The molecule has 0 aromatic heterocycles. The maximum atomic E-state index is 11.9. The van der Waals surface area contributed by atoms with Gasteiger partial charge in [-0.1, -0.05) is 26.0 Å². The standard InChI is InChI=1S/C12H17NO/c1-4-8(2)12(14)10-6-5-7-11(13)9(10)3/h5-8H,4,13H2,1-3H3. The van der Waals surface area contributed by atoms with Crippen LogP contribution in [-0.4, -0.2) is 5.78 Å². The highest BCUT2D eigenvalue weighted by molar-refractivity contribution is 5.99. The van der Waals surface area contributed by atoms with E-state index in [9.17, 15) is 4.79 Å². The average molecular weight is 191 g/mol. The molecule has 0 radical (unpaired) electrons. The Balaban J connectivity index is 3.07. The third-order valence-corrected chi connectivity index (χ3v) is 2.70. The van der Waals surface area contributed by atoms with Crippen molar-refractivity contribution in [2.75, 3.05) is 5.73 Å². The summed E-state index contributed by atoms with van der Waals surface area (Å²) in [6.45, 7) is 5.86. The van der Waals surface area contributed by atoms with Crippen molar-refractivity contribution in [1.29, 1.82) is 0 Å². The Morgan fingerprint density at radius 2 is 2.14 bits per heavy atom. The number of carbonyl (C=O) groups excluding carboxylic acids is 1. The first-order chi connectivity index (χ1) is 6.57. The van der Waals surface area contributed by atoms with E-state index < -0.39 is 0 Å². The Hall–Kier alpha value is -1.31. The van der Waals surface area contributed by atoms with Gasteiger partial charge in [0, 0.05) is 17.2 Å². The van der Waals surface area contributed by atoms with Gasteiger partial charge in [0.1, 0.15) is 0 Å². The van der Waals surface area contributed by atoms with E-state index in [1.54, 1.807) is 0 Å². The van der Waals surface area contributed by atoms with Crippen LogP contribution in [0.3, 0.4) is 0 Å². The molecule has 2 N–H and O–H groups in total. The van der Waals surface area contributed by atoms with Crippen molar-refractivity contribution < 1.29 is 4.79 Å². The van der Waals surface area contributed by atoms with Gasteiger partial charge in [-0.25, -0.2) is 0 Å². The van der Waals surface area contributed by atoms with Crippen molar-refractivity contribution >= 4 is 11.5 Å². The molecule has 1 aromatic carbocycles. The number of nitrogen functional groups attached to an aromatic ring is 1. The molecular formula is C12H17NO. The first-order valence-corrected chi connectivity index (χ1v) is 4.97. The average Bonchev–Trinajstić information content (AvgIpc) is 2.20. The molecule has 14 heavy (non-hydrogen) atoms. The first-order valence-electron chi connectivity index (χ1n) is 4.97. The zero-order valence-corrected chi connectivity index (χ0v) is 9.00. The van der Waals surface area contributed by atoms with Gasteiger partial charge in [-0.15, -0.1) is 0 Å². The topological polar surface area (TPSA) is 43.1 Å². The maximum absolute atomic E-state index is 11.9. The van der Waals surface area contributed by atoms with E-state index in [1.165, 1.54) is 0 Å². The third-order valence-electron chi connectivity index (χ3n) is 2.70. The lowest BCUT2D eigenvalue weighted by Crippen LogP contribution is -2.12. The van der Waals surface area contributed by atoms with Crippen LogP contribution in [0.5, 0.6) is 0 Å². The number of hydrogen-bond donors (Lipinski definition) is 1. The lowest BCUT2D eigenvalue weighted by atomic mass is 9.93. The summed E-state index contributed by atoms with van der Waals surface area (Å²) < 4.78 is 0. The molecule has 0 aliphatic carbocycles. The monoisotopic (exact) mass is 191 g/mol. The molecule has 0 saturated carbocycles. The van der Waals surface area contributed by atoms with E-state index >= 15 is 0 Å². The highest BCUT2D eigenvalue weighted by Gasteiger charge is 2.15. The van der Waals surface area contributed by atoms with Crippen molar-refractivity contribution in [3.8, 4) is 0 Å². The number of carbonyl (C=O) groups is 1. The lowest BCUT2D eigenvalue weighted by molar-refractivity contribution is 0.0926. The molecule has 0 heterocycles. The number of anilines is 1. The van der Waals surface area contributed by atoms with Crippen LogP contribution in [0.1, 0.15) is 36.2 Å². The number of nitrogens with two attached hydrogens (primary N) is 1. The fraction of sp³-hybridized carbons (Fsp3) is 0.417. The van der Waals surface area contributed by atoms with Gasteiger partial charge in [0.15, 0.2) is 5.78 Å². The molecule has 1 atom stereocenters.